The van der Waals surface area contributed by atoms with Gasteiger partial charge in [-0.25, -0.2) is 0 Å². The molecule has 2 aliphatic rings. The van der Waals surface area contributed by atoms with Crippen LogP contribution in [0.15, 0.2) is 42.5 Å². The van der Waals surface area contributed by atoms with Gasteiger partial charge in [-0.3, -0.25) is 9.59 Å². The number of nitrogens with zero attached hydrogens (tertiary/aromatic N) is 2. The molecule has 2 aromatic rings. The monoisotopic (exact) mass is 411 g/mol. The maximum atomic E-state index is 13.1. The number of carbonyl (C=O) groups excluding carboxylic acids is 2. The van der Waals surface area contributed by atoms with E-state index in [1.54, 1.807) is 12.1 Å². The van der Waals surface area contributed by atoms with E-state index >= 15 is 0 Å². The summed E-state index contributed by atoms with van der Waals surface area (Å²) in [6.45, 7) is 4.07. The van der Waals surface area contributed by atoms with Crippen LogP contribution in [-0.4, -0.2) is 36.0 Å². The minimum atomic E-state index is -0.167. The van der Waals surface area contributed by atoms with Crippen molar-refractivity contribution in [2.24, 2.45) is 0 Å². The Morgan fingerprint density at radius 2 is 2.00 bits per heavy atom. The smallest absolute Gasteiger partial charge is 0.257 e. The lowest BCUT2D eigenvalue weighted by Gasteiger charge is -2.44. The van der Waals surface area contributed by atoms with E-state index in [1.807, 2.05) is 35.2 Å². The molecule has 2 aliphatic heterocycles. The minimum absolute atomic E-state index is 0.0830. The van der Waals surface area contributed by atoms with Crippen molar-refractivity contribution in [2.45, 2.75) is 45.3 Å². The molecule has 0 unspecified atom stereocenters. The number of hydrogen-bond donors (Lipinski definition) is 1. The van der Waals surface area contributed by atoms with Crippen molar-refractivity contribution in [1.82, 2.24) is 10.2 Å². The van der Waals surface area contributed by atoms with E-state index in [2.05, 4.69) is 17.1 Å². The number of hydrogen-bond acceptors (Lipinski definition) is 3. The van der Waals surface area contributed by atoms with Crippen LogP contribution in [-0.2, 0) is 6.54 Å². The Hall–Kier alpha value is -2.53. The summed E-state index contributed by atoms with van der Waals surface area (Å²) in [6.07, 6.45) is 4.39. The number of rotatable bonds is 4. The topological polar surface area (TPSA) is 52.7 Å². The summed E-state index contributed by atoms with van der Waals surface area (Å²) in [6, 6.07) is 12.9. The Morgan fingerprint density at radius 3 is 2.79 bits per heavy atom. The summed E-state index contributed by atoms with van der Waals surface area (Å²) in [5.41, 5.74) is 2.99. The molecule has 1 fully saturated rings. The van der Waals surface area contributed by atoms with Crippen molar-refractivity contribution in [1.29, 1.82) is 0 Å². The zero-order chi connectivity index (χ0) is 20.4. The van der Waals surface area contributed by atoms with Crippen LogP contribution in [0.25, 0.3) is 0 Å². The molecule has 2 heterocycles. The second-order valence-corrected chi connectivity index (χ2v) is 8.03. The van der Waals surface area contributed by atoms with Crippen molar-refractivity contribution in [2.75, 3.05) is 18.0 Å². The van der Waals surface area contributed by atoms with Crippen molar-refractivity contribution in [3.05, 3.63) is 64.2 Å². The van der Waals surface area contributed by atoms with Crippen molar-refractivity contribution in [3.63, 3.8) is 0 Å². The standard InChI is InChI=1S/C23H26ClN3O2/c1-2-26-20-14-16(22(28)25-15-17-8-5-6-9-19(17)24)11-12-18(20)23(29)27-13-7-3-4-10-21(26)27/h5-6,8-9,11-12,14,21H,2-4,7,10,13,15H2,1H3,(H,25,28)/t21-/m1/s1. The summed E-state index contributed by atoms with van der Waals surface area (Å²) >= 11 is 6.18. The number of amides is 2. The summed E-state index contributed by atoms with van der Waals surface area (Å²) in [5, 5.41) is 3.57. The van der Waals surface area contributed by atoms with Crippen LogP contribution < -0.4 is 10.2 Å². The third kappa shape index (κ3) is 3.84. The maximum absolute atomic E-state index is 13.1. The van der Waals surface area contributed by atoms with Gasteiger partial charge in [0.15, 0.2) is 0 Å². The second kappa shape index (κ2) is 8.46. The highest BCUT2D eigenvalue weighted by atomic mass is 35.5. The molecule has 2 aromatic carbocycles. The van der Waals surface area contributed by atoms with Crippen molar-refractivity contribution >= 4 is 29.1 Å². The Kier molecular flexibility index (Phi) is 5.76. The van der Waals surface area contributed by atoms with E-state index in [-0.39, 0.29) is 18.0 Å². The fourth-order valence-electron chi connectivity index (χ4n) is 4.36. The third-order valence-corrected chi connectivity index (χ3v) is 6.25. The maximum Gasteiger partial charge on any atom is 0.257 e. The number of nitrogens with one attached hydrogen (secondary N) is 1. The lowest BCUT2D eigenvalue weighted by Crippen LogP contribution is -2.55. The van der Waals surface area contributed by atoms with E-state index in [0.717, 1.165) is 50.0 Å². The molecular formula is C23H26ClN3O2. The summed E-state index contributed by atoms with van der Waals surface area (Å²) in [4.78, 5) is 30.1. The molecule has 29 heavy (non-hydrogen) atoms. The molecule has 0 aromatic heterocycles. The lowest BCUT2D eigenvalue weighted by molar-refractivity contribution is 0.0656. The van der Waals surface area contributed by atoms with Gasteiger partial charge in [0.05, 0.1) is 11.3 Å². The van der Waals surface area contributed by atoms with Gasteiger partial charge in [0.25, 0.3) is 11.8 Å². The van der Waals surface area contributed by atoms with Gasteiger partial charge in [-0.1, -0.05) is 36.2 Å². The molecule has 0 saturated carbocycles. The Bertz CT molecular complexity index is 930. The normalized spacial score (nSPS) is 18.7. The SMILES string of the molecule is CCN1c2cc(C(=O)NCc3ccccc3Cl)ccc2C(=O)N2CCCCC[C@@H]21. The van der Waals surface area contributed by atoms with Gasteiger partial charge < -0.3 is 15.1 Å². The average Bonchev–Trinajstić information content (AvgIpc) is 2.99. The van der Waals surface area contributed by atoms with Gasteiger partial charge in [0, 0.05) is 30.2 Å². The fraction of sp³-hybridized carbons (Fsp3) is 0.391. The van der Waals surface area contributed by atoms with Gasteiger partial charge in [-0.05, 0) is 56.0 Å². The molecule has 5 nitrogen and oxygen atoms in total. The largest absolute Gasteiger partial charge is 0.351 e. The Balaban J connectivity index is 1.59. The predicted octanol–water partition coefficient (Wildman–Crippen LogP) is 4.45. The van der Waals surface area contributed by atoms with E-state index in [1.165, 1.54) is 0 Å². The Labute approximate surface area is 176 Å². The first-order valence-corrected chi connectivity index (χ1v) is 10.7. The number of halogens is 1. The van der Waals surface area contributed by atoms with E-state index in [4.69, 9.17) is 11.6 Å². The molecule has 0 bridgehead atoms. The Morgan fingerprint density at radius 1 is 1.17 bits per heavy atom. The number of benzene rings is 2. The molecule has 4 rings (SSSR count). The van der Waals surface area contributed by atoms with Gasteiger partial charge in [-0.2, -0.15) is 0 Å². The highest BCUT2D eigenvalue weighted by molar-refractivity contribution is 6.31. The molecule has 0 aliphatic carbocycles. The molecule has 1 N–H and O–H groups in total. The molecule has 1 atom stereocenters. The van der Waals surface area contributed by atoms with Gasteiger partial charge >= 0.3 is 0 Å². The number of anilines is 1. The molecule has 6 heteroatoms. The minimum Gasteiger partial charge on any atom is -0.351 e. The molecule has 1 saturated heterocycles. The van der Waals surface area contributed by atoms with Gasteiger partial charge in [-0.15, -0.1) is 0 Å². The molecular weight excluding hydrogens is 386 g/mol. The fourth-order valence-corrected chi connectivity index (χ4v) is 4.56. The van der Waals surface area contributed by atoms with Crippen LogP contribution in [0.3, 0.4) is 0 Å². The first-order chi connectivity index (χ1) is 14.1. The van der Waals surface area contributed by atoms with Crippen LogP contribution in [0.4, 0.5) is 5.69 Å². The van der Waals surface area contributed by atoms with E-state index in [9.17, 15) is 9.59 Å². The van der Waals surface area contributed by atoms with Gasteiger partial charge in [0.1, 0.15) is 6.17 Å². The van der Waals surface area contributed by atoms with Crippen LogP contribution in [0, 0.1) is 0 Å². The highest BCUT2D eigenvalue weighted by Gasteiger charge is 2.37. The zero-order valence-electron chi connectivity index (χ0n) is 16.7. The number of carbonyl (C=O) groups is 2. The summed E-state index contributed by atoms with van der Waals surface area (Å²) in [5.74, 6) is -0.0841. The van der Waals surface area contributed by atoms with E-state index in [0.29, 0.717) is 22.7 Å². The lowest BCUT2D eigenvalue weighted by atomic mass is 10.0. The average molecular weight is 412 g/mol. The first kappa shape index (κ1) is 19.8. The van der Waals surface area contributed by atoms with Crippen molar-refractivity contribution < 1.29 is 9.59 Å². The van der Waals surface area contributed by atoms with E-state index < -0.39 is 0 Å². The summed E-state index contributed by atoms with van der Waals surface area (Å²) in [7, 11) is 0. The van der Waals surface area contributed by atoms with Crippen LogP contribution in [0.5, 0.6) is 0 Å². The molecule has 2 amide bonds. The van der Waals surface area contributed by atoms with Crippen LogP contribution in [0.1, 0.15) is 58.9 Å². The molecule has 152 valence electrons. The van der Waals surface area contributed by atoms with Crippen molar-refractivity contribution in [3.8, 4) is 0 Å². The van der Waals surface area contributed by atoms with Gasteiger partial charge in [0.2, 0.25) is 0 Å². The third-order valence-electron chi connectivity index (χ3n) is 5.88. The van der Waals surface area contributed by atoms with Crippen LogP contribution in [0.2, 0.25) is 5.02 Å². The second-order valence-electron chi connectivity index (χ2n) is 7.62. The predicted molar refractivity (Wildman–Crippen MR) is 115 cm³/mol. The number of fused-ring (bicyclic) bond motifs is 2. The molecule has 0 radical (unpaired) electrons. The summed E-state index contributed by atoms with van der Waals surface area (Å²) < 4.78 is 0. The van der Waals surface area contributed by atoms with Crippen LogP contribution >= 0.6 is 11.6 Å². The highest BCUT2D eigenvalue weighted by Crippen LogP contribution is 2.35. The quantitative estimate of drug-likeness (QED) is 0.808. The zero-order valence-corrected chi connectivity index (χ0v) is 17.4. The molecule has 0 spiro atoms. The first-order valence-electron chi connectivity index (χ1n) is 10.3.